The van der Waals surface area contributed by atoms with Crippen LogP contribution >= 0.6 is 0 Å². The van der Waals surface area contributed by atoms with Crippen molar-refractivity contribution in [3.63, 3.8) is 0 Å². The van der Waals surface area contributed by atoms with Gasteiger partial charge in [0.2, 0.25) is 0 Å². The van der Waals surface area contributed by atoms with Gasteiger partial charge in [-0.05, 0) is 12.3 Å². The zero-order valence-corrected chi connectivity index (χ0v) is 5.26. The number of hydrogen-bond acceptors (Lipinski definition) is 2. The first-order valence-corrected chi connectivity index (χ1v) is 3.14. The van der Waals surface area contributed by atoms with Crippen molar-refractivity contribution in [3.8, 4) is 0 Å². The van der Waals surface area contributed by atoms with Crippen molar-refractivity contribution >= 4 is 0 Å². The van der Waals surface area contributed by atoms with Crippen LogP contribution in [0.15, 0.2) is 0 Å². The summed E-state index contributed by atoms with van der Waals surface area (Å²) in [4.78, 5) is 0. The van der Waals surface area contributed by atoms with Gasteiger partial charge in [0.15, 0.2) is 0 Å². The molecule has 1 aliphatic rings. The van der Waals surface area contributed by atoms with Crippen LogP contribution in [-0.4, -0.2) is 19.3 Å². The largest absolute Gasteiger partial charge is 0.381 e. The number of rotatable bonds is 0. The number of nitrogens with two attached hydrogens (primary N) is 1. The highest BCUT2D eigenvalue weighted by atomic mass is 16.5. The normalized spacial score (nSPS) is 39.8. The van der Waals surface area contributed by atoms with Gasteiger partial charge in [-0.15, -0.1) is 0 Å². The first kappa shape index (κ1) is 6.05. The summed E-state index contributed by atoms with van der Waals surface area (Å²) < 4.78 is 5.17. The molecule has 1 rings (SSSR count). The highest BCUT2D eigenvalue weighted by Gasteiger charge is 2.16. The van der Waals surface area contributed by atoms with Crippen LogP contribution in [0.3, 0.4) is 0 Å². The van der Waals surface area contributed by atoms with Crippen molar-refractivity contribution in [1.29, 1.82) is 0 Å². The fourth-order valence-corrected chi connectivity index (χ4v) is 0.897. The molecule has 2 atom stereocenters. The summed E-state index contributed by atoms with van der Waals surface area (Å²) in [5.41, 5.74) is 5.70. The van der Waals surface area contributed by atoms with E-state index in [0.29, 0.717) is 12.0 Å². The van der Waals surface area contributed by atoms with E-state index in [1.165, 1.54) is 0 Å². The topological polar surface area (TPSA) is 35.2 Å². The second kappa shape index (κ2) is 2.46. The molecule has 1 aliphatic heterocycles. The van der Waals surface area contributed by atoms with Gasteiger partial charge in [0.1, 0.15) is 0 Å². The standard InChI is InChI=1S/C6H13NO/c1-5-4-8-3-2-6(5)7/h5-6H,2-4,7H2,1H3/t5-,6?/m0/s1. The van der Waals surface area contributed by atoms with Gasteiger partial charge in [-0.1, -0.05) is 6.92 Å². The van der Waals surface area contributed by atoms with Crippen molar-refractivity contribution in [1.82, 2.24) is 0 Å². The van der Waals surface area contributed by atoms with E-state index in [0.717, 1.165) is 19.6 Å². The fraction of sp³-hybridized carbons (Fsp3) is 1.00. The summed E-state index contributed by atoms with van der Waals surface area (Å²) >= 11 is 0. The predicted octanol–water partition coefficient (Wildman–Crippen LogP) is 0.370. The van der Waals surface area contributed by atoms with Crippen LogP contribution < -0.4 is 5.73 Å². The van der Waals surface area contributed by atoms with Crippen molar-refractivity contribution in [2.45, 2.75) is 19.4 Å². The molecule has 8 heavy (non-hydrogen) atoms. The molecule has 0 aromatic rings. The summed E-state index contributed by atoms with van der Waals surface area (Å²) in [5.74, 6) is 0.559. The molecular formula is C6H13NO. The van der Waals surface area contributed by atoms with E-state index >= 15 is 0 Å². The Balaban J connectivity index is 2.28. The lowest BCUT2D eigenvalue weighted by Gasteiger charge is -2.24. The van der Waals surface area contributed by atoms with Gasteiger partial charge in [-0.3, -0.25) is 0 Å². The van der Waals surface area contributed by atoms with Crippen LogP contribution in [0.4, 0.5) is 0 Å². The first-order chi connectivity index (χ1) is 3.80. The minimum atomic E-state index is 0.378. The average Bonchev–Trinajstić information content (AvgIpc) is 1.77. The van der Waals surface area contributed by atoms with E-state index in [9.17, 15) is 0 Å². The third kappa shape index (κ3) is 1.20. The third-order valence-electron chi connectivity index (χ3n) is 1.71. The Morgan fingerprint density at radius 1 is 1.62 bits per heavy atom. The zero-order valence-electron chi connectivity index (χ0n) is 5.26. The van der Waals surface area contributed by atoms with Gasteiger partial charge in [0, 0.05) is 12.6 Å². The Kier molecular flexibility index (Phi) is 1.86. The van der Waals surface area contributed by atoms with Crippen LogP contribution in [0.25, 0.3) is 0 Å². The molecule has 0 aliphatic carbocycles. The maximum absolute atomic E-state index is 5.70. The van der Waals surface area contributed by atoms with E-state index in [4.69, 9.17) is 10.5 Å². The monoisotopic (exact) mass is 115 g/mol. The Morgan fingerprint density at radius 3 is 2.75 bits per heavy atom. The molecule has 0 saturated carbocycles. The minimum Gasteiger partial charge on any atom is -0.381 e. The predicted molar refractivity (Wildman–Crippen MR) is 32.6 cm³/mol. The van der Waals surface area contributed by atoms with Crippen LogP contribution in [0, 0.1) is 5.92 Å². The second-order valence-corrected chi connectivity index (χ2v) is 2.50. The maximum atomic E-state index is 5.70. The van der Waals surface area contributed by atoms with Gasteiger partial charge in [-0.2, -0.15) is 0 Å². The molecule has 0 aromatic carbocycles. The van der Waals surface area contributed by atoms with Gasteiger partial charge in [-0.25, -0.2) is 0 Å². The molecule has 1 unspecified atom stereocenters. The van der Waals surface area contributed by atoms with Gasteiger partial charge >= 0.3 is 0 Å². The molecule has 1 fully saturated rings. The lowest BCUT2D eigenvalue weighted by molar-refractivity contribution is 0.0491. The molecular weight excluding hydrogens is 102 g/mol. The summed E-state index contributed by atoms with van der Waals surface area (Å²) in [6, 6.07) is 0.378. The number of hydrogen-bond donors (Lipinski definition) is 1. The van der Waals surface area contributed by atoms with E-state index in [1.807, 2.05) is 0 Å². The minimum absolute atomic E-state index is 0.378. The fourth-order valence-electron chi connectivity index (χ4n) is 0.897. The Hall–Kier alpha value is -0.0800. The highest BCUT2D eigenvalue weighted by molar-refractivity contribution is 4.71. The molecule has 2 N–H and O–H groups in total. The van der Waals surface area contributed by atoms with Gasteiger partial charge in [0.25, 0.3) is 0 Å². The van der Waals surface area contributed by atoms with Crippen LogP contribution in [0.5, 0.6) is 0 Å². The quantitative estimate of drug-likeness (QED) is 0.495. The van der Waals surface area contributed by atoms with E-state index in [-0.39, 0.29) is 0 Å². The molecule has 0 spiro atoms. The number of ether oxygens (including phenoxy) is 1. The average molecular weight is 115 g/mol. The van der Waals surface area contributed by atoms with Crippen molar-refractivity contribution in [2.75, 3.05) is 13.2 Å². The van der Waals surface area contributed by atoms with Crippen LogP contribution in [0.2, 0.25) is 0 Å². The Morgan fingerprint density at radius 2 is 2.38 bits per heavy atom. The summed E-state index contributed by atoms with van der Waals surface area (Å²) in [6.45, 7) is 3.83. The lowest BCUT2D eigenvalue weighted by Crippen LogP contribution is -2.36. The maximum Gasteiger partial charge on any atom is 0.0506 e. The molecule has 0 bridgehead atoms. The molecule has 2 heteroatoms. The van der Waals surface area contributed by atoms with Crippen LogP contribution in [-0.2, 0) is 4.74 Å². The molecule has 0 aromatic heterocycles. The molecule has 48 valence electrons. The van der Waals surface area contributed by atoms with E-state index in [2.05, 4.69) is 6.92 Å². The van der Waals surface area contributed by atoms with Crippen molar-refractivity contribution in [3.05, 3.63) is 0 Å². The highest BCUT2D eigenvalue weighted by Crippen LogP contribution is 2.10. The van der Waals surface area contributed by atoms with Crippen LogP contribution in [0.1, 0.15) is 13.3 Å². The zero-order chi connectivity index (χ0) is 5.98. The van der Waals surface area contributed by atoms with Crippen molar-refractivity contribution in [2.24, 2.45) is 11.7 Å². The molecule has 1 saturated heterocycles. The van der Waals surface area contributed by atoms with E-state index in [1.54, 1.807) is 0 Å². The molecule has 2 nitrogen and oxygen atoms in total. The summed E-state index contributed by atoms with van der Waals surface area (Å²) in [5, 5.41) is 0. The summed E-state index contributed by atoms with van der Waals surface area (Å²) in [6.07, 6.45) is 1.03. The lowest BCUT2D eigenvalue weighted by atomic mass is 9.99. The van der Waals surface area contributed by atoms with Gasteiger partial charge < -0.3 is 10.5 Å². The molecule has 0 amide bonds. The Labute approximate surface area is 50.0 Å². The van der Waals surface area contributed by atoms with Crippen molar-refractivity contribution < 1.29 is 4.74 Å². The molecule has 0 radical (unpaired) electrons. The van der Waals surface area contributed by atoms with Gasteiger partial charge in [0.05, 0.1) is 6.61 Å². The first-order valence-electron chi connectivity index (χ1n) is 3.14. The Bertz CT molecular complexity index is 64.9. The van der Waals surface area contributed by atoms with E-state index < -0.39 is 0 Å². The smallest absolute Gasteiger partial charge is 0.0506 e. The second-order valence-electron chi connectivity index (χ2n) is 2.50. The SMILES string of the molecule is C[C@H]1COCCC1N. The third-order valence-corrected chi connectivity index (χ3v) is 1.71. The summed E-state index contributed by atoms with van der Waals surface area (Å²) in [7, 11) is 0. The molecule has 1 heterocycles.